The number of guanidine groups is 1. The van der Waals surface area contributed by atoms with Crippen molar-refractivity contribution in [2.24, 2.45) is 17.2 Å². The van der Waals surface area contributed by atoms with Crippen LogP contribution in [0.4, 0.5) is 4.39 Å². The van der Waals surface area contributed by atoms with Crippen LogP contribution >= 0.6 is 0 Å². The fourth-order valence-corrected chi connectivity index (χ4v) is 6.01. The third-order valence-electron chi connectivity index (χ3n) is 9.18. The lowest BCUT2D eigenvalue weighted by Gasteiger charge is -2.27. The lowest BCUT2D eigenvalue weighted by atomic mass is 10.0. The molecule has 21 heteroatoms. The molecule has 58 heavy (non-hydrogen) atoms. The number of hydrogen-bond acceptors (Lipinski definition) is 10. The molecule has 1 aromatic rings. The van der Waals surface area contributed by atoms with Gasteiger partial charge in [-0.2, -0.15) is 0 Å². The van der Waals surface area contributed by atoms with Gasteiger partial charge in [-0.25, -0.2) is 4.39 Å². The van der Waals surface area contributed by atoms with E-state index < -0.39 is 89.3 Å². The van der Waals surface area contributed by atoms with Crippen LogP contribution in [0.5, 0.6) is 0 Å². The number of nitrogens with one attached hydrogen (secondary N) is 9. The normalized spacial score (nSPS) is 21.9. The van der Waals surface area contributed by atoms with Gasteiger partial charge >= 0.3 is 0 Å². The maximum atomic E-state index is 14.0. The average molecular weight is 819 g/mol. The second-order valence-corrected chi connectivity index (χ2v) is 14.0. The van der Waals surface area contributed by atoms with Crippen molar-refractivity contribution in [3.8, 4) is 0 Å². The second kappa shape index (κ2) is 25.4. The van der Waals surface area contributed by atoms with Crippen molar-refractivity contribution in [1.29, 1.82) is 5.41 Å². The lowest BCUT2D eigenvalue weighted by molar-refractivity contribution is -0.135. The van der Waals surface area contributed by atoms with Crippen molar-refractivity contribution in [3.63, 3.8) is 0 Å². The smallest absolute Gasteiger partial charge is 0.243 e. The second-order valence-electron chi connectivity index (χ2n) is 14.0. The van der Waals surface area contributed by atoms with Gasteiger partial charge in [-0.3, -0.25) is 43.8 Å². The first-order valence-corrected chi connectivity index (χ1v) is 19.4. The standard InChI is InChI=1S/C37H59FN12O8/c1-3-4-7-25(45-21(2)51)32(54)49-28-14-15-30(52)43-19-16-24(31(40)53)46-33(55)27(9-6-18-44-37(41)42)48-36(58)29(20-22-10-12-23(38)13-11-22)50-34(56)26(8-5-17-39)47-35(28)57/h10-13,24-29H,3-9,14-20,39H2,1-2H3,(H2,40,53)(H,43,52)(H,45,51)(H,46,55)(H,47,57)(H,48,58)(H,49,54)(H,50,56)(H4,41,42,44)/t24?,25-,26-,27-,28?,29?/m0/s1. The zero-order valence-electron chi connectivity index (χ0n) is 33.0. The van der Waals surface area contributed by atoms with Gasteiger partial charge in [0.1, 0.15) is 42.1 Å². The Hall–Kier alpha value is -5.86. The van der Waals surface area contributed by atoms with Crippen molar-refractivity contribution in [2.45, 2.75) is 121 Å². The van der Waals surface area contributed by atoms with Gasteiger partial charge in [0.25, 0.3) is 0 Å². The highest BCUT2D eigenvalue weighted by molar-refractivity contribution is 5.97. The van der Waals surface area contributed by atoms with Crippen LogP contribution in [0.25, 0.3) is 0 Å². The number of unbranched alkanes of at least 4 members (excludes halogenated alkanes) is 1. The highest BCUT2D eigenvalue weighted by Gasteiger charge is 2.33. The van der Waals surface area contributed by atoms with Crippen LogP contribution in [-0.4, -0.2) is 109 Å². The first kappa shape index (κ1) is 48.3. The Morgan fingerprint density at radius 2 is 1.47 bits per heavy atom. The molecule has 20 nitrogen and oxygen atoms in total. The molecule has 6 atom stereocenters. The summed E-state index contributed by atoms with van der Waals surface area (Å²) in [6, 6.07) is -2.53. The van der Waals surface area contributed by atoms with Crippen LogP contribution in [0.3, 0.4) is 0 Å². The monoisotopic (exact) mass is 818 g/mol. The molecule has 1 aliphatic heterocycles. The zero-order valence-corrected chi connectivity index (χ0v) is 33.0. The zero-order chi connectivity index (χ0) is 43.2. The molecule has 3 unspecified atom stereocenters. The summed E-state index contributed by atoms with van der Waals surface area (Å²) >= 11 is 0. The minimum Gasteiger partial charge on any atom is -0.370 e. The fourth-order valence-electron chi connectivity index (χ4n) is 6.01. The van der Waals surface area contributed by atoms with Crippen LogP contribution < -0.4 is 59.7 Å². The van der Waals surface area contributed by atoms with E-state index in [1.807, 2.05) is 6.92 Å². The van der Waals surface area contributed by atoms with E-state index in [-0.39, 0.29) is 83.4 Å². The van der Waals surface area contributed by atoms with Crippen LogP contribution in [0, 0.1) is 11.2 Å². The van der Waals surface area contributed by atoms with Gasteiger partial charge in [-0.1, -0.05) is 31.9 Å². The van der Waals surface area contributed by atoms with Crippen LogP contribution in [0.1, 0.15) is 83.6 Å². The molecule has 322 valence electrons. The molecule has 2 rings (SSSR count). The molecule has 1 saturated heterocycles. The molecule has 8 amide bonds. The average Bonchev–Trinajstić information content (AvgIpc) is 3.16. The first-order chi connectivity index (χ1) is 27.5. The number of carbonyl (C=O) groups is 8. The topological polar surface area (TPSA) is 335 Å². The van der Waals surface area contributed by atoms with Gasteiger partial charge < -0.3 is 59.7 Å². The third-order valence-corrected chi connectivity index (χ3v) is 9.18. The van der Waals surface area contributed by atoms with E-state index in [0.717, 1.165) is 12.1 Å². The van der Waals surface area contributed by atoms with Crippen molar-refractivity contribution >= 4 is 53.2 Å². The summed E-state index contributed by atoms with van der Waals surface area (Å²) in [5, 5.41) is 28.1. The highest BCUT2D eigenvalue weighted by Crippen LogP contribution is 2.11. The number of halogens is 1. The van der Waals surface area contributed by atoms with Crippen molar-refractivity contribution in [1.82, 2.24) is 42.5 Å². The first-order valence-electron chi connectivity index (χ1n) is 19.4. The number of hydrogen-bond donors (Lipinski definition) is 12. The molecule has 0 aliphatic carbocycles. The molecular formula is C37H59FN12O8. The summed E-state index contributed by atoms with van der Waals surface area (Å²) < 4.78 is 13.8. The van der Waals surface area contributed by atoms with Crippen LogP contribution in [-0.2, 0) is 44.8 Å². The number of carbonyl (C=O) groups excluding carboxylic acids is 8. The van der Waals surface area contributed by atoms with Crippen LogP contribution in [0.15, 0.2) is 24.3 Å². The molecule has 0 saturated carbocycles. The Morgan fingerprint density at radius 1 is 0.862 bits per heavy atom. The summed E-state index contributed by atoms with van der Waals surface area (Å²) in [7, 11) is 0. The maximum Gasteiger partial charge on any atom is 0.243 e. The van der Waals surface area contributed by atoms with Gasteiger partial charge in [-0.15, -0.1) is 0 Å². The molecule has 0 spiro atoms. The van der Waals surface area contributed by atoms with Gasteiger partial charge in [0.2, 0.25) is 47.3 Å². The Kier molecular flexibility index (Phi) is 21.2. The van der Waals surface area contributed by atoms with E-state index in [0.29, 0.717) is 18.4 Å². The van der Waals surface area contributed by atoms with Crippen molar-refractivity contribution in [3.05, 3.63) is 35.6 Å². The third kappa shape index (κ3) is 17.9. The molecule has 0 aromatic heterocycles. The minimum atomic E-state index is -1.40. The van der Waals surface area contributed by atoms with E-state index in [9.17, 15) is 42.7 Å². The summed E-state index contributed by atoms with van der Waals surface area (Å²) in [6.07, 6.45) is 1.09. The lowest BCUT2D eigenvalue weighted by Crippen LogP contribution is -2.60. The highest BCUT2D eigenvalue weighted by atomic mass is 19.1. The summed E-state index contributed by atoms with van der Waals surface area (Å²) in [5.41, 5.74) is 17.1. The summed E-state index contributed by atoms with van der Waals surface area (Å²) in [4.78, 5) is 106. The molecular weight excluding hydrogens is 759 g/mol. The summed E-state index contributed by atoms with van der Waals surface area (Å²) in [6.45, 7) is 3.27. The number of rotatable bonds is 16. The van der Waals surface area contributed by atoms with Crippen molar-refractivity contribution < 1.29 is 42.7 Å². The van der Waals surface area contributed by atoms with E-state index in [1.165, 1.54) is 19.1 Å². The fraction of sp³-hybridized carbons (Fsp3) is 0.595. The Balaban J connectivity index is 2.59. The predicted octanol–water partition coefficient (Wildman–Crippen LogP) is -2.73. The van der Waals surface area contributed by atoms with Crippen molar-refractivity contribution in [2.75, 3.05) is 19.6 Å². The molecule has 15 N–H and O–H groups in total. The number of amides is 8. The largest absolute Gasteiger partial charge is 0.370 e. The van der Waals surface area contributed by atoms with E-state index in [1.54, 1.807) is 0 Å². The van der Waals surface area contributed by atoms with Gasteiger partial charge in [0.05, 0.1) is 0 Å². The molecule has 1 aromatic carbocycles. The predicted molar refractivity (Wildman–Crippen MR) is 210 cm³/mol. The number of benzene rings is 1. The Bertz CT molecular complexity index is 1600. The van der Waals surface area contributed by atoms with E-state index >= 15 is 0 Å². The Morgan fingerprint density at radius 3 is 2.07 bits per heavy atom. The molecule has 0 radical (unpaired) electrons. The molecule has 1 heterocycles. The summed E-state index contributed by atoms with van der Waals surface area (Å²) in [5.74, 6) is -6.85. The van der Waals surface area contributed by atoms with Gasteiger partial charge in [0.15, 0.2) is 5.96 Å². The number of nitrogens with two attached hydrogens (primary N) is 3. The Labute approximate surface area is 336 Å². The van der Waals surface area contributed by atoms with E-state index in [2.05, 4.69) is 42.5 Å². The van der Waals surface area contributed by atoms with E-state index in [4.69, 9.17) is 22.6 Å². The minimum absolute atomic E-state index is 0.00614. The number of primary amides is 1. The maximum absolute atomic E-state index is 14.0. The van der Waals surface area contributed by atoms with Crippen LogP contribution in [0.2, 0.25) is 0 Å². The molecule has 1 aliphatic rings. The van der Waals surface area contributed by atoms with Gasteiger partial charge in [-0.05, 0) is 69.2 Å². The molecule has 0 bridgehead atoms. The SMILES string of the molecule is CCCC[C@H](NC(C)=O)C(=O)NC1CCC(=O)NCCC(C(N)=O)NC(=O)[C@H](CCCNC(=N)N)NC(=O)C(Cc2ccc(F)cc2)NC(=O)[C@H](CCCN)NC1=O. The quantitative estimate of drug-likeness (QED) is 0.0462. The molecule has 1 fully saturated rings. The van der Waals surface area contributed by atoms with Gasteiger partial charge in [0, 0.05) is 32.9 Å².